The van der Waals surface area contributed by atoms with Crippen LogP contribution in [0.15, 0.2) is 47.3 Å². The monoisotopic (exact) mass is 429 g/mol. The number of amides is 1. The molecule has 152 valence electrons. The van der Waals surface area contributed by atoms with Gasteiger partial charge in [0, 0.05) is 5.56 Å². The third-order valence-corrected chi connectivity index (χ3v) is 4.46. The van der Waals surface area contributed by atoms with Crippen LogP contribution in [0.25, 0.3) is 10.9 Å². The van der Waals surface area contributed by atoms with Crippen molar-refractivity contribution in [2.45, 2.75) is 18.3 Å². The third kappa shape index (κ3) is 3.81. The Morgan fingerprint density at radius 1 is 1.21 bits per heavy atom. The summed E-state index contributed by atoms with van der Waals surface area (Å²) < 4.78 is 54.2. The first-order valence-corrected chi connectivity index (χ1v) is 8.42. The number of hydrogen-bond acceptors (Lipinski definition) is 4. The van der Waals surface area contributed by atoms with E-state index in [0.29, 0.717) is 12.1 Å². The minimum absolute atomic E-state index is 0.131. The molecule has 0 saturated heterocycles. The molecular weight excluding hydrogens is 418 g/mol. The van der Waals surface area contributed by atoms with Crippen LogP contribution < -0.4 is 10.9 Å². The minimum atomic E-state index is -5.47. The maximum Gasteiger partial charge on any atom is 0.430 e. The van der Waals surface area contributed by atoms with Crippen LogP contribution in [0.2, 0.25) is 5.02 Å². The van der Waals surface area contributed by atoms with Gasteiger partial charge in [-0.25, -0.2) is 9.37 Å². The number of alkyl halides is 3. The largest absolute Gasteiger partial charge is 0.430 e. The second kappa shape index (κ2) is 7.45. The lowest BCUT2D eigenvalue weighted by Gasteiger charge is -2.29. The molecule has 11 heteroatoms. The molecular formula is C18H12ClF4N3O3. The van der Waals surface area contributed by atoms with Gasteiger partial charge in [-0.1, -0.05) is 29.8 Å². The quantitative estimate of drug-likeness (QED) is 0.556. The molecule has 0 aliphatic heterocycles. The summed E-state index contributed by atoms with van der Waals surface area (Å²) in [4.78, 5) is 30.6. The zero-order valence-corrected chi connectivity index (χ0v) is 15.1. The number of rotatable bonds is 4. The van der Waals surface area contributed by atoms with Crippen LogP contribution in [0.1, 0.15) is 11.4 Å². The summed E-state index contributed by atoms with van der Waals surface area (Å²) in [5, 5.41) is 11.8. The fraction of sp³-hybridized carbons (Fsp3) is 0.167. The number of hydrogen-bond donors (Lipinski definition) is 3. The van der Waals surface area contributed by atoms with E-state index in [4.69, 9.17) is 11.6 Å². The van der Waals surface area contributed by atoms with E-state index in [1.54, 1.807) is 12.1 Å². The maximum atomic E-state index is 13.6. The van der Waals surface area contributed by atoms with Gasteiger partial charge in [-0.05, 0) is 24.3 Å². The number of carbonyl (C=O) groups is 1. The van der Waals surface area contributed by atoms with Crippen LogP contribution in [-0.2, 0) is 16.9 Å². The highest BCUT2D eigenvalue weighted by Gasteiger charge is 2.61. The van der Waals surface area contributed by atoms with Crippen LogP contribution in [-0.4, -0.2) is 27.2 Å². The van der Waals surface area contributed by atoms with Crippen molar-refractivity contribution in [1.82, 2.24) is 15.3 Å². The number of nitrogens with zero attached hydrogens (tertiary/aromatic N) is 1. The number of benzene rings is 2. The molecule has 0 aliphatic carbocycles. The van der Waals surface area contributed by atoms with E-state index < -0.39 is 46.2 Å². The number of fused-ring (bicyclic) bond motifs is 1. The Labute approximate surface area is 165 Å². The normalized spacial score (nSPS) is 13.9. The Balaban J connectivity index is 1.92. The van der Waals surface area contributed by atoms with Gasteiger partial charge in [-0.3, -0.25) is 9.59 Å². The van der Waals surface area contributed by atoms with Crippen molar-refractivity contribution in [3.8, 4) is 0 Å². The number of aromatic nitrogens is 2. The van der Waals surface area contributed by atoms with E-state index in [1.165, 1.54) is 12.1 Å². The number of aromatic amines is 1. The van der Waals surface area contributed by atoms with Gasteiger partial charge in [0.25, 0.3) is 17.1 Å². The van der Waals surface area contributed by atoms with Crippen LogP contribution in [0.3, 0.4) is 0 Å². The SMILES string of the molecule is O=C(NCc1nc2ccccc2c(=O)[nH]1)[C@](O)(c1ccc(Cl)c(F)c1)C(F)(F)F. The maximum absolute atomic E-state index is 13.6. The number of nitrogens with one attached hydrogen (secondary N) is 2. The summed E-state index contributed by atoms with van der Waals surface area (Å²) >= 11 is 5.45. The fourth-order valence-electron chi connectivity index (χ4n) is 2.66. The van der Waals surface area contributed by atoms with Gasteiger partial charge in [0.05, 0.1) is 22.5 Å². The Morgan fingerprint density at radius 2 is 1.90 bits per heavy atom. The van der Waals surface area contributed by atoms with Crippen molar-refractivity contribution in [2.24, 2.45) is 0 Å². The summed E-state index contributed by atoms with van der Waals surface area (Å²) in [6, 6.07) is 8.03. The Hall–Kier alpha value is -2.98. The molecule has 1 amide bonds. The highest BCUT2D eigenvalue weighted by Crippen LogP contribution is 2.40. The summed E-state index contributed by atoms with van der Waals surface area (Å²) in [5.41, 5.74) is -5.38. The molecule has 0 aliphatic rings. The molecule has 0 spiro atoms. The van der Waals surface area contributed by atoms with Crippen LogP contribution in [0, 0.1) is 5.82 Å². The zero-order valence-electron chi connectivity index (χ0n) is 14.3. The van der Waals surface area contributed by atoms with Gasteiger partial charge >= 0.3 is 6.18 Å². The van der Waals surface area contributed by atoms with Crippen LogP contribution >= 0.6 is 11.6 Å². The molecule has 0 fully saturated rings. The number of para-hydroxylation sites is 1. The van der Waals surface area contributed by atoms with Crippen molar-refractivity contribution < 1.29 is 27.5 Å². The minimum Gasteiger partial charge on any atom is -0.369 e. The molecule has 29 heavy (non-hydrogen) atoms. The lowest BCUT2D eigenvalue weighted by Crippen LogP contribution is -2.54. The second-order valence-electron chi connectivity index (χ2n) is 6.05. The Bertz CT molecular complexity index is 1150. The molecule has 0 saturated carbocycles. The van der Waals surface area contributed by atoms with Gasteiger partial charge in [0.15, 0.2) is 0 Å². The van der Waals surface area contributed by atoms with Crippen molar-refractivity contribution in [2.75, 3.05) is 0 Å². The van der Waals surface area contributed by atoms with Crippen LogP contribution in [0.5, 0.6) is 0 Å². The van der Waals surface area contributed by atoms with Gasteiger partial charge in [-0.15, -0.1) is 0 Å². The second-order valence-corrected chi connectivity index (χ2v) is 6.46. The lowest BCUT2D eigenvalue weighted by molar-refractivity contribution is -0.257. The smallest absolute Gasteiger partial charge is 0.369 e. The first-order chi connectivity index (χ1) is 13.5. The molecule has 1 aromatic heterocycles. The number of H-pyrrole nitrogens is 1. The molecule has 6 nitrogen and oxygen atoms in total. The first kappa shape index (κ1) is 20.7. The number of aliphatic hydroxyl groups is 1. The van der Waals surface area contributed by atoms with Crippen molar-refractivity contribution in [3.63, 3.8) is 0 Å². The zero-order chi connectivity index (χ0) is 21.4. The highest BCUT2D eigenvalue weighted by atomic mass is 35.5. The van der Waals surface area contributed by atoms with Crippen molar-refractivity contribution >= 4 is 28.4 Å². The topological polar surface area (TPSA) is 95.1 Å². The van der Waals surface area contributed by atoms with E-state index in [1.807, 2.05) is 5.32 Å². The molecule has 3 N–H and O–H groups in total. The predicted molar refractivity (Wildman–Crippen MR) is 95.6 cm³/mol. The Kier molecular flexibility index (Phi) is 5.33. The fourth-order valence-corrected chi connectivity index (χ4v) is 2.77. The van der Waals surface area contributed by atoms with Gasteiger partial charge in [0.2, 0.25) is 0 Å². The van der Waals surface area contributed by atoms with E-state index >= 15 is 0 Å². The summed E-state index contributed by atoms with van der Waals surface area (Å²) in [5.74, 6) is -3.24. The highest BCUT2D eigenvalue weighted by molar-refractivity contribution is 6.30. The van der Waals surface area contributed by atoms with Crippen LogP contribution in [0.4, 0.5) is 17.6 Å². The van der Waals surface area contributed by atoms with Gasteiger partial charge in [-0.2, -0.15) is 13.2 Å². The van der Waals surface area contributed by atoms with E-state index in [0.717, 1.165) is 6.07 Å². The molecule has 0 unspecified atom stereocenters. The van der Waals surface area contributed by atoms with E-state index in [9.17, 15) is 32.3 Å². The molecule has 1 heterocycles. The molecule has 0 radical (unpaired) electrons. The predicted octanol–water partition coefficient (Wildman–Crippen LogP) is 2.78. The molecule has 3 rings (SSSR count). The summed E-state index contributed by atoms with van der Waals surface area (Å²) in [6.45, 7) is -0.618. The number of carbonyl (C=O) groups excluding carboxylic acids is 1. The molecule has 1 atom stereocenters. The summed E-state index contributed by atoms with van der Waals surface area (Å²) in [6.07, 6.45) is -5.47. The summed E-state index contributed by atoms with van der Waals surface area (Å²) in [7, 11) is 0. The molecule has 3 aromatic rings. The van der Waals surface area contributed by atoms with Crippen molar-refractivity contribution in [3.05, 3.63) is 75.0 Å². The van der Waals surface area contributed by atoms with Gasteiger partial charge in [0.1, 0.15) is 11.6 Å². The molecule has 2 aromatic carbocycles. The lowest BCUT2D eigenvalue weighted by atomic mass is 9.92. The standard InChI is InChI=1S/C18H12ClF4N3O3/c19-11-6-5-9(7-12(11)20)17(29,18(21,22)23)16(28)24-8-14-25-13-4-2-1-3-10(13)15(27)26-14/h1-7,29H,8H2,(H,24,28)(H,25,26,27)/t17-/m1/s1. The van der Waals surface area contributed by atoms with E-state index in [2.05, 4.69) is 9.97 Å². The average molecular weight is 430 g/mol. The third-order valence-electron chi connectivity index (χ3n) is 4.15. The van der Waals surface area contributed by atoms with E-state index in [-0.39, 0.29) is 16.7 Å². The van der Waals surface area contributed by atoms with Gasteiger partial charge < -0.3 is 15.4 Å². The Morgan fingerprint density at radius 3 is 2.55 bits per heavy atom. The average Bonchev–Trinajstić information content (AvgIpc) is 2.66. The molecule has 0 bridgehead atoms. The number of halogens is 5. The van der Waals surface area contributed by atoms with Crippen molar-refractivity contribution in [1.29, 1.82) is 0 Å². The first-order valence-electron chi connectivity index (χ1n) is 8.05.